The van der Waals surface area contributed by atoms with Crippen molar-refractivity contribution >= 4 is 40.1 Å². The summed E-state index contributed by atoms with van der Waals surface area (Å²) in [6.07, 6.45) is 4.98. The molecule has 0 unspecified atom stereocenters. The number of hydrogen-bond donors (Lipinski definition) is 0. The number of fused-ring (bicyclic) bond motifs is 1. The molecule has 0 spiro atoms. The Morgan fingerprint density at radius 3 is 2.79 bits per heavy atom. The minimum Gasteiger partial charge on any atom is -0.337 e. The third kappa shape index (κ3) is 3.25. The maximum atomic E-state index is 6.56. The van der Waals surface area contributed by atoms with Crippen LogP contribution >= 0.6 is 35.0 Å². The van der Waals surface area contributed by atoms with Gasteiger partial charge in [-0.1, -0.05) is 48.0 Å². The molecule has 0 aliphatic carbocycles. The number of aliphatic imine (C=N–C) groups is 1. The second-order valence-electron chi connectivity index (χ2n) is 7.24. The van der Waals surface area contributed by atoms with Crippen molar-refractivity contribution in [3.05, 3.63) is 82.4 Å². The number of nitrogens with zero attached hydrogens (tertiary/aromatic N) is 4. The van der Waals surface area contributed by atoms with Crippen molar-refractivity contribution < 1.29 is 0 Å². The Hall–Kier alpha value is -1.95. The number of rotatable bonds is 4. The second kappa shape index (κ2) is 7.71. The standard InChI is InChI=1S/C22H20Cl2N4S/c1-2-15-13-29-22-26-20(17-6-3-4-10-25-17)21(28(15)22)19-7-5-11-27(19)18-9-8-14(23)12-16(18)24/h3-12,15,20-21H,2,13H2,1H3/t15-,20+,21-/m1/s1. The highest BCUT2D eigenvalue weighted by Crippen LogP contribution is 2.49. The number of amidine groups is 1. The van der Waals surface area contributed by atoms with Crippen molar-refractivity contribution in [2.45, 2.75) is 31.5 Å². The van der Waals surface area contributed by atoms with Crippen LogP contribution in [0.5, 0.6) is 0 Å². The van der Waals surface area contributed by atoms with Crippen LogP contribution in [-0.2, 0) is 0 Å². The normalized spacial score (nSPS) is 23.3. The van der Waals surface area contributed by atoms with E-state index in [0.717, 1.165) is 34.4 Å². The van der Waals surface area contributed by atoms with Gasteiger partial charge >= 0.3 is 0 Å². The van der Waals surface area contributed by atoms with Crippen molar-refractivity contribution in [1.82, 2.24) is 14.5 Å². The summed E-state index contributed by atoms with van der Waals surface area (Å²) >= 11 is 14.5. The molecule has 5 rings (SSSR count). The molecule has 2 aromatic heterocycles. The van der Waals surface area contributed by atoms with Crippen LogP contribution in [0.2, 0.25) is 10.0 Å². The van der Waals surface area contributed by atoms with E-state index in [1.807, 2.05) is 42.2 Å². The van der Waals surface area contributed by atoms with E-state index >= 15 is 0 Å². The monoisotopic (exact) mass is 442 g/mol. The topological polar surface area (TPSA) is 33.4 Å². The first-order valence-electron chi connectivity index (χ1n) is 9.70. The predicted molar refractivity (Wildman–Crippen MR) is 121 cm³/mol. The Morgan fingerprint density at radius 1 is 1.14 bits per heavy atom. The molecule has 2 aliphatic heterocycles. The van der Waals surface area contributed by atoms with Gasteiger partial charge in [-0.15, -0.1) is 0 Å². The van der Waals surface area contributed by atoms with E-state index in [1.54, 1.807) is 6.07 Å². The van der Waals surface area contributed by atoms with Crippen LogP contribution in [0.15, 0.2) is 65.9 Å². The van der Waals surface area contributed by atoms with E-state index in [0.29, 0.717) is 16.1 Å². The molecule has 4 nitrogen and oxygen atoms in total. The lowest BCUT2D eigenvalue weighted by Gasteiger charge is -2.32. The molecule has 29 heavy (non-hydrogen) atoms. The van der Waals surface area contributed by atoms with Crippen molar-refractivity contribution in [3.63, 3.8) is 0 Å². The first-order chi connectivity index (χ1) is 14.2. The fourth-order valence-corrected chi connectivity index (χ4v) is 6.04. The second-order valence-corrected chi connectivity index (χ2v) is 9.07. The Kier molecular flexibility index (Phi) is 5.06. The predicted octanol–water partition coefficient (Wildman–Crippen LogP) is 6.16. The number of halogens is 2. The number of hydrogen-bond acceptors (Lipinski definition) is 4. The van der Waals surface area contributed by atoms with Crippen molar-refractivity contribution in [3.8, 4) is 5.69 Å². The van der Waals surface area contributed by atoms with Gasteiger partial charge in [-0.25, -0.2) is 0 Å². The number of benzene rings is 1. The summed E-state index contributed by atoms with van der Waals surface area (Å²) in [6.45, 7) is 2.24. The van der Waals surface area contributed by atoms with Crippen LogP contribution in [0.25, 0.3) is 5.69 Å². The van der Waals surface area contributed by atoms with Gasteiger partial charge in [0.25, 0.3) is 0 Å². The third-order valence-electron chi connectivity index (χ3n) is 5.58. The largest absolute Gasteiger partial charge is 0.337 e. The summed E-state index contributed by atoms with van der Waals surface area (Å²) in [7, 11) is 0. The highest BCUT2D eigenvalue weighted by Gasteiger charge is 2.46. The average molecular weight is 443 g/mol. The van der Waals surface area contributed by atoms with Crippen molar-refractivity contribution in [1.29, 1.82) is 0 Å². The van der Waals surface area contributed by atoms with Crippen LogP contribution in [0.3, 0.4) is 0 Å². The van der Waals surface area contributed by atoms with E-state index in [9.17, 15) is 0 Å². The van der Waals surface area contributed by atoms with Crippen LogP contribution in [0.1, 0.15) is 36.8 Å². The van der Waals surface area contributed by atoms with E-state index < -0.39 is 0 Å². The Bertz CT molecular complexity index is 1070. The lowest BCUT2D eigenvalue weighted by Crippen LogP contribution is -2.36. The average Bonchev–Trinajstić information content (AvgIpc) is 3.43. The third-order valence-corrected chi connectivity index (χ3v) is 7.25. The van der Waals surface area contributed by atoms with Crippen molar-refractivity contribution in [2.75, 3.05) is 5.75 Å². The van der Waals surface area contributed by atoms with Gasteiger partial charge in [0.2, 0.25) is 0 Å². The minimum absolute atomic E-state index is 0.0484. The molecule has 1 fully saturated rings. The summed E-state index contributed by atoms with van der Waals surface area (Å²) in [5.74, 6) is 1.07. The Labute approximate surface area is 184 Å². The van der Waals surface area contributed by atoms with Gasteiger partial charge in [-0.05, 0) is 48.9 Å². The maximum Gasteiger partial charge on any atom is 0.160 e. The van der Waals surface area contributed by atoms with Gasteiger partial charge in [0.05, 0.1) is 16.4 Å². The minimum atomic E-state index is -0.0484. The van der Waals surface area contributed by atoms with E-state index in [1.165, 1.54) is 0 Å². The highest BCUT2D eigenvalue weighted by molar-refractivity contribution is 8.14. The fourth-order valence-electron chi connectivity index (χ4n) is 4.20. The molecule has 0 radical (unpaired) electrons. The summed E-state index contributed by atoms with van der Waals surface area (Å²) in [6, 6.07) is 16.4. The van der Waals surface area contributed by atoms with Crippen LogP contribution in [0, 0.1) is 0 Å². The number of thioether (sulfide) groups is 1. The van der Waals surface area contributed by atoms with Gasteiger partial charge in [-0.2, -0.15) is 0 Å². The number of aromatic nitrogens is 2. The lowest BCUT2D eigenvalue weighted by atomic mass is 9.99. The lowest BCUT2D eigenvalue weighted by molar-refractivity contribution is 0.249. The molecule has 0 saturated carbocycles. The molecular formula is C22H20Cl2N4S. The summed E-state index contributed by atoms with van der Waals surface area (Å²) < 4.78 is 2.16. The number of pyridine rings is 1. The molecule has 1 saturated heterocycles. The Balaban J connectivity index is 1.64. The van der Waals surface area contributed by atoms with E-state index in [4.69, 9.17) is 28.2 Å². The maximum absolute atomic E-state index is 6.56. The summed E-state index contributed by atoms with van der Waals surface area (Å²) in [4.78, 5) is 12.2. The Morgan fingerprint density at radius 2 is 2.03 bits per heavy atom. The van der Waals surface area contributed by atoms with Crippen LogP contribution in [0.4, 0.5) is 0 Å². The molecule has 148 valence electrons. The van der Waals surface area contributed by atoms with Gasteiger partial charge < -0.3 is 9.47 Å². The van der Waals surface area contributed by atoms with Crippen molar-refractivity contribution in [2.24, 2.45) is 4.99 Å². The molecule has 0 bridgehead atoms. The molecule has 3 atom stereocenters. The van der Waals surface area contributed by atoms with Crippen LogP contribution in [-0.4, -0.2) is 31.4 Å². The van der Waals surface area contributed by atoms with Gasteiger partial charge in [0, 0.05) is 34.9 Å². The molecule has 7 heteroatoms. The molecular weight excluding hydrogens is 423 g/mol. The van der Waals surface area contributed by atoms with Gasteiger partial charge in [0.1, 0.15) is 12.1 Å². The van der Waals surface area contributed by atoms with Crippen LogP contribution < -0.4 is 0 Å². The fraction of sp³-hybridized carbons (Fsp3) is 0.273. The zero-order valence-electron chi connectivity index (χ0n) is 15.9. The zero-order valence-corrected chi connectivity index (χ0v) is 18.2. The molecule has 0 N–H and O–H groups in total. The summed E-state index contributed by atoms with van der Waals surface area (Å²) in [5, 5.41) is 2.38. The first-order valence-corrected chi connectivity index (χ1v) is 11.4. The highest BCUT2D eigenvalue weighted by atomic mass is 35.5. The van der Waals surface area contributed by atoms with Gasteiger partial charge in [-0.3, -0.25) is 9.98 Å². The quantitative estimate of drug-likeness (QED) is 0.484. The molecule has 2 aliphatic rings. The smallest absolute Gasteiger partial charge is 0.160 e. The molecule has 0 amide bonds. The summed E-state index contributed by atoms with van der Waals surface area (Å²) in [5.41, 5.74) is 3.07. The zero-order chi connectivity index (χ0) is 20.0. The van der Waals surface area contributed by atoms with E-state index in [2.05, 4.69) is 45.8 Å². The molecule has 3 aromatic rings. The SMILES string of the molecule is CC[C@@H]1CSC2=N[C@@H](c3ccccn3)[C@@H](c3cccn3-c3ccc(Cl)cc3Cl)N21. The first kappa shape index (κ1) is 19.0. The molecule has 4 heterocycles. The van der Waals surface area contributed by atoms with Gasteiger partial charge in [0.15, 0.2) is 5.17 Å². The van der Waals surface area contributed by atoms with E-state index in [-0.39, 0.29) is 12.1 Å². The molecule has 1 aromatic carbocycles.